The third-order valence-electron chi connectivity index (χ3n) is 3.39. The van der Waals surface area contributed by atoms with E-state index in [0.717, 1.165) is 15.8 Å². The number of halogens is 2. The van der Waals surface area contributed by atoms with Gasteiger partial charge in [0.05, 0.1) is 15.2 Å². The van der Waals surface area contributed by atoms with E-state index in [-0.39, 0.29) is 11.6 Å². The summed E-state index contributed by atoms with van der Waals surface area (Å²) in [5.41, 5.74) is 1.91. The maximum absolute atomic E-state index is 11.9. The van der Waals surface area contributed by atoms with Gasteiger partial charge in [-0.1, -0.05) is 40.6 Å². The minimum Gasteiger partial charge on any atom is -0.480 e. The number of rotatable bonds is 6. The Hall–Kier alpha value is -2.35. The van der Waals surface area contributed by atoms with Crippen LogP contribution in [0.15, 0.2) is 36.4 Å². The first-order valence-corrected chi connectivity index (χ1v) is 9.38. The summed E-state index contributed by atoms with van der Waals surface area (Å²) in [7, 11) is 0. The van der Waals surface area contributed by atoms with Crippen molar-refractivity contribution in [2.45, 2.75) is 6.92 Å². The number of hydrogen-bond acceptors (Lipinski definition) is 6. The Balaban J connectivity index is 1.47. The van der Waals surface area contributed by atoms with E-state index < -0.39 is 18.5 Å². The van der Waals surface area contributed by atoms with Gasteiger partial charge in [-0.25, -0.2) is 9.78 Å². The molecule has 0 bridgehead atoms. The van der Waals surface area contributed by atoms with Crippen molar-refractivity contribution in [3.05, 3.63) is 52.0 Å². The lowest BCUT2D eigenvalue weighted by Gasteiger charge is -2.08. The number of aromatic nitrogens is 1. The van der Waals surface area contributed by atoms with Crippen molar-refractivity contribution in [3.8, 4) is 5.75 Å². The van der Waals surface area contributed by atoms with Crippen molar-refractivity contribution in [1.82, 2.24) is 4.98 Å². The molecule has 0 saturated heterocycles. The molecule has 0 aliphatic rings. The van der Waals surface area contributed by atoms with Crippen LogP contribution in [0.25, 0.3) is 10.2 Å². The number of fused-ring (bicyclic) bond motifs is 1. The molecule has 0 spiro atoms. The molecule has 1 aromatic heterocycles. The molecule has 0 unspecified atom stereocenters. The number of ether oxygens (including phenoxy) is 2. The number of thiazole rings is 1. The lowest BCUT2D eigenvalue weighted by molar-refractivity contribution is -0.149. The standard InChI is InChI=1S/C18H14Cl2N2O4S/c1-10-2-4-13-15(6-10)27-18(21-13)22-16(23)8-26-17(24)9-25-14-5-3-11(19)7-12(14)20/h2-7H,8-9H2,1H3,(H,21,22,23). The normalized spacial score (nSPS) is 10.6. The maximum Gasteiger partial charge on any atom is 0.344 e. The second-order valence-corrected chi connectivity index (χ2v) is 7.44. The summed E-state index contributed by atoms with van der Waals surface area (Å²) in [6.07, 6.45) is 0. The predicted molar refractivity (Wildman–Crippen MR) is 106 cm³/mol. The molecular weight excluding hydrogens is 411 g/mol. The van der Waals surface area contributed by atoms with Crippen LogP contribution in [0.3, 0.4) is 0 Å². The molecule has 140 valence electrons. The summed E-state index contributed by atoms with van der Waals surface area (Å²) in [5.74, 6) is -0.882. The molecule has 1 amide bonds. The zero-order chi connectivity index (χ0) is 19.4. The third-order valence-corrected chi connectivity index (χ3v) is 4.86. The van der Waals surface area contributed by atoms with E-state index in [1.807, 2.05) is 25.1 Å². The number of esters is 1. The minimum absolute atomic E-state index is 0.277. The fraction of sp³-hybridized carbons (Fsp3) is 0.167. The zero-order valence-corrected chi connectivity index (χ0v) is 16.5. The molecule has 3 rings (SSSR count). The van der Waals surface area contributed by atoms with Gasteiger partial charge in [0.25, 0.3) is 5.91 Å². The quantitative estimate of drug-likeness (QED) is 0.590. The highest BCUT2D eigenvalue weighted by atomic mass is 35.5. The van der Waals surface area contributed by atoms with Gasteiger partial charge < -0.3 is 9.47 Å². The average Bonchev–Trinajstić information content (AvgIpc) is 3.00. The Morgan fingerprint density at radius 2 is 1.96 bits per heavy atom. The number of anilines is 1. The Morgan fingerprint density at radius 1 is 1.15 bits per heavy atom. The molecule has 0 aliphatic carbocycles. The summed E-state index contributed by atoms with van der Waals surface area (Å²) < 4.78 is 11.1. The third kappa shape index (κ3) is 5.32. The molecule has 6 nitrogen and oxygen atoms in total. The summed E-state index contributed by atoms with van der Waals surface area (Å²) in [6.45, 7) is 1.16. The van der Waals surface area contributed by atoms with Crippen molar-refractivity contribution in [1.29, 1.82) is 0 Å². The fourth-order valence-corrected chi connectivity index (χ4v) is 3.60. The number of nitrogens with one attached hydrogen (secondary N) is 1. The first-order valence-electron chi connectivity index (χ1n) is 7.81. The molecule has 9 heteroatoms. The Labute approximate surface area is 169 Å². The fourth-order valence-electron chi connectivity index (χ4n) is 2.16. The molecule has 2 aromatic carbocycles. The molecule has 0 atom stereocenters. The van der Waals surface area contributed by atoms with Gasteiger partial charge in [-0.15, -0.1) is 0 Å². The number of hydrogen-bond donors (Lipinski definition) is 1. The first kappa shape index (κ1) is 19.4. The van der Waals surface area contributed by atoms with Crippen molar-refractivity contribution in [3.63, 3.8) is 0 Å². The second kappa shape index (κ2) is 8.56. The van der Waals surface area contributed by atoms with Crippen LogP contribution in [0.4, 0.5) is 5.13 Å². The molecule has 1 heterocycles. The van der Waals surface area contributed by atoms with Crippen LogP contribution in [0.5, 0.6) is 5.75 Å². The number of benzene rings is 2. The van der Waals surface area contributed by atoms with E-state index in [1.54, 1.807) is 12.1 Å². The molecular formula is C18H14Cl2N2O4S. The Kier molecular flexibility index (Phi) is 6.15. The van der Waals surface area contributed by atoms with Crippen LogP contribution in [0.2, 0.25) is 10.0 Å². The first-order chi connectivity index (χ1) is 12.9. The molecule has 1 N–H and O–H groups in total. The van der Waals surface area contributed by atoms with E-state index in [9.17, 15) is 9.59 Å². The maximum atomic E-state index is 11.9. The largest absolute Gasteiger partial charge is 0.480 e. The minimum atomic E-state index is -0.698. The van der Waals surface area contributed by atoms with Crippen LogP contribution in [0.1, 0.15) is 5.56 Å². The van der Waals surface area contributed by atoms with Gasteiger partial charge in [-0.3, -0.25) is 10.1 Å². The number of aryl methyl sites for hydroxylation is 1. The number of nitrogens with zero attached hydrogens (tertiary/aromatic N) is 1. The average molecular weight is 425 g/mol. The molecule has 0 saturated carbocycles. The van der Waals surface area contributed by atoms with Gasteiger partial charge in [0.1, 0.15) is 5.75 Å². The zero-order valence-electron chi connectivity index (χ0n) is 14.1. The van der Waals surface area contributed by atoms with Crippen LogP contribution in [0, 0.1) is 6.92 Å². The number of amides is 1. The monoisotopic (exact) mass is 424 g/mol. The van der Waals surface area contributed by atoms with Gasteiger partial charge in [0.2, 0.25) is 0 Å². The van der Waals surface area contributed by atoms with Gasteiger partial charge in [0, 0.05) is 5.02 Å². The lowest BCUT2D eigenvalue weighted by atomic mass is 10.2. The number of carbonyl (C=O) groups is 2. The molecule has 0 radical (unpaired) electrons. The smallest absolute Gasteiger partial charge is 0.344 e. The summed E-state index contributed by atoms with van der Waals surface area (Å²) in [4.78, 5) is 28.0. The van der Waals surface area contributed by atoms with Crippen LogP contribution in [-0.4, -0.2) is 30.1 Å². The Morgan fingerprint density at radius 3 is 2.74 bits per heavy atom. The van der Waals surface area contributed by atoms with E-state index >= 15 is 0 Å². The predicted octanol–water partition coefficient (Wildman–Crippen LogP) is 4.47. The van der Waals surface area contributed by atoms with Crippen molar-refractivity contribution < 1.29 is 19.1 Å². The second-order valence-electron chi connectivity index (χ2n) is 5.56. The van der Waals surface area contributed by atoms with Crippen molar-refractivity contribution >= 4 is 61.8 Å². The SMILES string of the molecule is Cc1ccc2nc(NC(=O)COC(=O)COc3ccc(Cl)cc3Cl)sc2c1. The molecule has 27 heavy (non-hydrogen) atoms. The molecule has 0 aliphatic heterocycles. The van der Waals surface area contributed by atoms with E-state index in [1.165, 1.54) is 17.4 Å². The van der Waals surface area contributed by atoms with E-state index in [2.05, 4.69) is 10.3 Å². The molecule has 3 aromatic rings. The van der Waals surface area contributed by atoms with Crippen molar-refractivity contribution in [2.24, 2.45) is 0 Å². The Bertz CT molecular complexity index is 1010. The lowest BCUT2D eigenvalue weighted by Crippen LogP contribution is -2.23. The molecule has 0 fully saturated rings. The van der Waals surface area contributed by atoms with Gasteiger partial charge in [-0.05, 0) is 42.8 Å². The van der Waals surface area contributed by atoms with Crippen LogP contribution in [-0.2, 0) is 14.3 Å². The van der Waals surface area contributed by atoms with E-state index in [0.29, 0.717) is 15.9 Å². The van der Waals surface area contributed by atoms with Gasteiger partial charge >= 0.3 is 5.97 Å². The van der Waals surface area contributed by atoms with Gasteiger partial charge in [-0.2, -0.15) is 0 Å². The summed E-state index contributed by atoms with van der Waals surface area (Å²) in [5, 5.41) is 3.79. The van der Waals surface area contributed by atoms with Crippen LogP contribution < -0.4 is 10.1 Å². The van der Waals surface area contributed by atoms with Gasteiger partial charge in [0.15, 0.2) is 18.3 Å². The summed E-state index contributed by atoms with van der Waals surface area (Å²) in [6, 6.07) is 10.4. The highest BCUT2D eigenvalue weighted by Gasteiger charge is 2.12. The highest BCUT2D eigenvalue weighted by molar-refractivity contribution is 7.22. The topological polar surface area (TPSA) is 77.5 Å². The highest BCUT2D eigenvalue weighted by Crippen LogP contribution is 2.28. The summed E-state index contributed by atoms with van der Waals surface area (Å²) >= 11 is 13.1. The number of carbonyl (C=O) groups excluding carboxylic acids is 2. The van der Waals surface area contributed by atoms with Crippen LogP contribution >= 0.6 is 34.5 Å². The van der Waals surface area contributed by atoms with Crippen molar-refractivity contribution in [2.75, 3.05) is 18.5 Å². The van der Waals surface area contributed by atoms with E-state index in [4.69, 9.17) is 32.7 Å².